The number of rotatable bonds is 3. The fourth-order valence-corrected chi connectivity index (χ4v) is 2.74. The summed E-state index contributed by atoms with van der Waals surface area (Å²) in [5.74, 6) is 0. The fourth-order valence-electron chi connectivity index (χ4n) is 2.74. The van der Waals surface area contributed by atoms with E-state index in [1.165, 1.54) is 24.0 Å². The predicted octanol–water partition coefficient (Wildman–Crippen LogP) is 2.13. The maximum absolute atomic E-state index is 9.45. The molecule has 1 saturated heterocycles. The Morgan fingerprint density at radius 1 is 1.38 bits per heavy atom. The molecule has 2 heteroatoms. The third kappa shape index (κ3) is 1.66. The van der Waals surface area contributed by atoms with Gasteiger partial charge in [-0.05, 0) is 43.4 Å². The summed E-state index contributed by atoms with van der Waals surface area (Å²) >= 11 is 0. The van der Waals surface area contributed by atoms with E-state index >= 15 is 0 Å². The van der Waals surface area contributed by atoms with E-state index in [1.54, 1.807) is 0 Å². The average Bonchev–Trinajstić information content (AvgIpc) is 2.95. The highest BCUT2D eigenvalue weighted by atomic mass is 16.3. The molecule has 1 aromatic carbocycles. The highest BCUT2D eigenvalue weighted by molar-refractivity contribution is 5.36. The van der Waals surface area contributed by atoms with Crippen molar-refractivity contribution in [3.8, 4) is 0 Å². The van der Waals surface area contributed by atoms with Crippen molar-refractivity contribution in [1.29, 1.82) is 0 Å². The van der Waals surface area contributed by atoms with Gasteiger partial charge in [-0.1, -0.05) is 24.3 Å². The zero-order valence-corrected chi connectivity index (χ0v) is 9.58. The lowest BCUT2D eigenvalue weighted by atomic mass is 9.93. The molecule has 0 amide bonds. The van der Waals surface area contributed by atoms with Crippen LogP contribution >= 0.6 is 0 Å². The van der Waals surface area contributed by atoms with Crippen LogP contribution in [0.25, 0.3) is 0 Å². The van der Waals surface area contributed by atoms with Gasteiger partial charge >= 0.3 is 0 Å². The minimum absolute atomic E-state index is 0.106. The molecule has 2 nitrogen and oxygen atoms in total. The van der Waals surface area contributed by atoms with E-state index in [2.05, 4.69) is 29.6 Å². The Bertz CT molecular complexity index is 378. The van der Waals surface area contributed by atoms with Gasteiger partial charge in [-0.25, -0.2) is 0 Å². The highest BCUT2D eigenvalue weighted by Gasteiger charge is 2.43. The fraction of sp³-hybridized carbons (Fsp3) is 0.571. The van der Waals surface area contributed by atoms with Crippen LogP contribution in [0.1, 0.15) is 42.9 Å². The van der Waals surface area contributed by atoms with Gasteiger partial charge in [0.05, 0.1) is 6.61 Å². The van der Waals surface area contributed by atoms with Crippen molar-refractivity contribution in [2.75, 3.05) is 13.2 Å². The molecule has 1 aromatic rings. The van der Waals surface area contributed by atoms with Crippen molar-refractivity contribution < 1.29 is 5.11 Å². The lowest BCUT2D eigenvalue weighted by Crippen LogP contribution is -2.15. The van der Waals surface area contributed by atoms with Crippen molar-refractivity contribution in [2.45, 2.75) is 37.1 Å². The van der Waals surface area contributed by atoms with Crippen molar-refractivity contribution in [3.63, 3.8) is 0 Å². The molecule has 0 spiro atoms. The molecule has 1 atom stereocenters. The Labute approximate surface area is 96.7 Å². The molecule has 2 aliphatic rings. The first-order valence-electron chi connectivity index (χ1n) is 6.29. The standard InChI is InChI=1S/C14H19NO/c16-10-14(6-7-14)12-4-1-3-11(9-12)13-5-2-8-15-13/h1,3-4,9,13,15-16H,2,5-8,10H2. The molecule has 1 heterocycles. The molecule has 0 radical (unpaired) electrons. The van der Waals surface area contributed by atoms with E-state index in [9.17, 15) is 5.11 Å². The summed E-state index contributed by atoms with van der Waals surface area (Å²) in [6, 6.07) is 9.35. The summed E-state index contributed by atoms with van der Waals surface area (Å²) in [7, 11) is 0. The Kier molecular flexibility index (Phi) is 2.49. The van der Waals surface area contributed by atoms with Crippen molar-refractivity contribution >= 4 is 0 Å². The number of benzene rings is 1. The van der Waals surface area contributed by atoms with Gasteiger partial charge in [-0.3, -0.25) is 0 Å². The maximum Gasteiger partial charge on any atom is 0.0527 e. The topological polar surface area (TPSA) is 32.3 Å². The molecule has 0 bridgehead atoms. The molecule has 3 rings (SSSR count). The lowest BCUT2D eigenvalue weighted by Gasteiger charge is -2.16. The van der Waals surface area contributed by atoms with Crippen LogP contribution in [0, 0.1) is 0 Å². The van der Waals surface area contributed by atoms with Gasteiger partial charge in [0.15, 0.2) is 0 Å². The molecule has 1 unspecified atom stereocenters. The SMILES string of the molecule is OCC1(c2cccc(C3CCCN3)c2)CC1. The van der Waals surface area contributed by atoms with Gasteiger partial charge in [-0.15, -0.1) is 0 Å². The zero-order valence-electron chi connectivity index (χ0n) is 9.58. The molecule has 1 aliphatic heterocycles. The highest BCUT2D eigenvalue weighted by Crippen LogP contribution is 2.48. The molecular weight excluding hydrogens is 198 g/mol. The summed E-state index contributed by atoms with van der Waals surface area (Å²) in [5, 5.41) is 13.0. The largest absolute Gasteiger partial charge is 0.395 e. The minimum atomic E-state index is 0.106. The lowest BCUT2D eigenvalue weighted by molar-refractivity contribution is 0.255. The van der Waals surface area contributed by atoms with E-state index in [0.717, 1.165) is 19.4 Å². The van der Waals surface area contributed by atoms with Crippen molar-refractivity contribution in [2.24, 2.45) is 0 Å². The summed E-state index contributed by atoms with van der Waals surface area (Å²) in [6.07, 6.45) is 4.81. The van der Waals surface area contributed by atoms with Crippen LogP contribution < -0.4 is 5.32 Å². The van der Waals surface area contributed by atoms with E-state index in [1.807, 2.05) is 0 Å². The first-order chi connectivity index (χ1) is 7.84. The number of nitrogens with one attached hydrogen (secondary N) is 1. The first kappa shape index (κ1) is 10.3. The first-order valence-corrected chi connectivity index (χ1v) is 6.29. The second-order valence-corrected chi connectivity index (χ2v) is 5.21. The van der Waals surface area contributed by atoms with Gasteiger partial charge < -0.3 is 10.4 Å². The minimum Gasteiger partial charge on any atom is -0.395 e. The average molecular weight is 217 g/mol. The van der Waals surface area contributed by atoms with Gasteiger partial charge in [0, 0.05) is 11.5 Å². The van der Waals surface area contributed by atoms with Crippen LogP contribution in [-0.2, 0) is 5.41 Å². The molecule has 2 fully saturated rings. The van der Waals surface area contributed by atoms with Gasteiger partial charge in [0.25, 0.3) is 0 Å². The van der Waals surface area contributed by atoms with Crippen molar-refractivity contribution in [3.05, 3.63) is 35.4 Å². The molecule has 86 valence electrons. The second kappa shape index (κ2) is 3.86. The summed E-state index contributed by atoms with van der Waals surface area (Å²) in [6.45, 7) is 1.44. The van der Waals surface area contributed by atoms with Crippen LogP contribution in [0.2, 0.25) is 0 Å². The number of aliphatic hydroxyl groups excluding tert-OH is 1. The number of hydrogen-bond donors (Lipinski definition) is 2. The maximum atomic E-state index is 9.45. The summed E-state index contributed by atoms with van der Waals surface area (Å²) in [4.78, 5) is 0. The van der Waals surface area contributed by atoms with Crippen LogP contribution in [0.3, 0.4) is 0 Å². The van der Waals surface area contributed by atoms with Crippen LogP contribution in [0.15, 0.2) is 24.3 Å². The van der Waals surface area contributed by atoms with Gasteiger partial charge in [-0.2, -0.15) is 0 Å². The Morgan fingerprint density at radius 3 is 2.88 bits per heavy atom. The van der Waals surface area contributed by atoms with E-state index in [-0.39, 0.29) is 5.41 Å². The molecule has 1 aliphatic carbocycles. The number of hydrogen-bond acceptors (Lipinski definition) is 2. The Hall–Kier alpha value is -0.860. The summed E-state index contributed by atoms with van der Waals surface area (Å²) in [5.41, 5.74) is 2.84. The Morgan fingerprint density at radius 2 is 2.25 bits per heavy atom. The quantitative estimate of drug-likeness (QED) is 0.813. The summed E-state index contributed by atoms with van der Waals surface area (Å²) < 4.78 is 0. The van der Waals surface area contributed by atoms with E-state index < -0.39 is 0 Å². The molecule has 1 saturated carbocycles. The molecule has 2 N–H and O–H groups in total. The second-order valence-electron chi connectivity index (χ2n) is 5.21. The van der Waals surface area contributed by atoms with Crippen LogP contribution in [0.4, 0.5) is 0 Å². The third-order valence-corrected chi connectivity index (χ3v) is 4.12. The van der Waals surface area contributed by atoms with Crippen LogP contribution in [0.5, 0.6) is 0 Å². The van der Waals surface area contributed by atoms with E-state index in [0.29, 0.717) is 12.6 Å². The smallest absolute Gasteiger partial charge is 0.0527 e. The number of aliphatic hydroxyl groups is 1. The van der Waals surface area contributed by atoms with E-state index in [4.69, 9.17) is 0 Å². The third-order valence-electron chi connectivity index (χ3n) is 4.12. The normalized spacial score (nSPS) is 26.9. The predicted molar refractivity (Wildman–Crippen MR) is 64.4 cm³/mol. The van der Waals surface area contributed by atoms with Crippen molar-refractivity contribution in [1.82, 2.24) is 5.32 Å². The monoisotopic (exact) mass is 217 g/mol. The van der Waals surface area contributed by atoms with Gasteiger partial charge in [0.2, 0.25) is 0 Å². The molecule has 0 aromatic heterocycles. The van der Waals surface area contributed by atoms with Gasteiger partial charge in [0.1, 0.15) is 0 Å². The molecular formula is C14H19NO. The van der Waals surface area contributed by atoms with Crippen LogP contribution in [-0.4, -0.2) is 18.3 Å². The zero-order chi connectivity index (χ0) is 11.0. The Balaban J connectivity index is 1.87. The molecule has 16 heavy (non-hydrogen) atoms.